The Labute approximate surface area is 124 Å². The predicted molar refractivity (Wildman–Crippen MR) is 83.2 cm³/mol. The molecule has 0 amide bonds. The van der Waals surface area contributed by atoms with Gasteiger partial charge in [0, 0.05) is 12.3 Å². The summed E-state index contributed by atoms with van der Waals surface area (Å²) in [5, 5.41) is 2.21. The molecule has 2 rings (SSSR count). The zero-order valence-corrected chi connectivity index (χ0v) is 12.5. The SMILES string of the molecule is CCOC(=O)C[C@@H](CC(C)=O)c1cccc2ccccc12. The second-order valence-electron chi connectivity index (χ2n) is 5.18. The number of benzene rings is 2. The molecule has 0 radical (unpaired) electrons. The highest BCUT2D eigenvalue weighted by Gasteiger charge is 2.20. The fourth-order valence-electron chi connectivity index (χ4n) is 2.67. The molecular formula is C18H20O3. The first-order chi connectivity index (χ1) is 10.1. The molecule has 0 heterocycles. The minimum absolute atomic E-state index is 0.0808. The number of ether oxygens (including phenoxy) is 1. The van der Waals surface area contributed by atoms with E-state index in [9.17, 15) is 9.59 Å². The molecule has 0 aliphatic heterocycles. The molecule has 0 aliphatic carbocycles. The van der Waals surface area contributed by atoms with Crippen molar-refractivity contribution in [3.8, 4) is 0 Å². The first-order valence-electron chi connectivity index (χ1n) is 7.24. The summed E-state index contributed by atoms with van der Waals surface area (Å²) in [6.07, 6.45) is 0.592. The van der Waals surface area contributed by atoms with Gasteiger partial charge >= 0.3 is 5.97 Å². The fourth-order valence-corrected chi connectivity index (χ4v) is 2.67. The van der Waals surface area contributed by atoms with E-state index < -0.39 is 0 Å². The van der Waals surface area contributed by atoms with Crippen molar-refractivity contribution in [2.24, 2.45) is 0 Å². The second-order valence-corrected chi connectivity index (χ2v) is 5.18. The van der Waals surface area contributed by atoms with E-state index >= 15 is 0 Å². The Balaban J connectivity index is 2.38. The Hall–Kier alpha value is -2.16. The van der Waals surface area contributed by atoms with Crippen molar-refractivity contribution in [1.82, 2.24) is 0 Å². The third-order valence-corrected chi connectivity index (χ3v) is 3.52. The molecule has 0 aliphatic rings. The van der Waals surface area contributed by atoms with Crippen molar-refractivity contribution in [3.05, 3.63) is 48.0 Å². The van der Waals surface area contributed by atoms with E-state index in [1.165, 1.54) is 0 Å². The van der Waals surface area contributed by atoms with Gasteiger partial charge in [-0.05, 0) is 30.2 Å². The number of rotatable bonds is 6. The van der Waals surface area contributed by atoms with Crippen LogP contribution in [0.15, 0.2) is 42.5 Å². The van der Waals surface area contributed by atoms with Gasteiger partial charge in [0.05, 0.1) is 13.0 Å². The van der Waals surface area contributed by atoms with Gasteiger partial charge in [0.2, 0.25) is 0 Å². The average molecular weight is 284 g/mol. The molecule has 2 aromatic carbocycles. The highest BCUT2D eigenvalue weighted by Crippen LogP contribution is 2.30. The minimum Gasteiger partial charge on any atom is -0.466 e. The molecule has 3 nitrogen and oxygen atoms in total. The molecule has 0 N–H and O–H groups in total. The largest absolute Gasteiger partial charge is 0.466 e. The van der Waals surface area contributed by atoms with Crippen molar-refractivity contribution < 1.29 is 14.3 Å². The lowest BCUT2D eigenvalue weighted by Crippen LogP contribution is -2.13. The molecule has 0 fully saturated rings. The molecule has 3 heteroatoms. The standard InChI is InChI=1S/C18H20O3/c1-3-21-18(20)12-15(11-13(2)19)17-10-6-8-14-7-4-5-9-16(14)17/h4-10,15H,3,11-12H2,1-2H3/t15-/m1/s1. The summed E-state index contributed by atoms with van der Waals surface area (Å²) in [6.45, 7) is 3.71. The number of hydrogen-bond donors (Lipinski definition) is 0. The van der Waals surface area contributed by atoms with Crippen LogP contribution in [-0.4, -0.2) is 18.4 Å². The second kappa shape index (κ2) is 7.02. The predicted octanol–water partition coefficient (Wildman–Crippen LogP) is 3.86. The van der Waals surface area contributed by atoms with Gasteiger partial charge in [0.1, 0.15) is 5.78 Å². The highest BCUT2D eigenvalue weighted by atomic mass is 16.5. The Bertz CT molecular complexity index is 640. The maximum Gasteiger partial charge on any atom is 0.306 e. The van der Waals surface area contributed by atoms with Gasteiger partial charge < -0.3 is 9.53 Å². The van der Waals surface area contributed by atoms with Crippen LogP contribution < -0.4 is 0 Å². The Morgan fingerprint density at radius 1 is 1.05 bits per heavy atom. The zero-order valence-electron chi connectivity index (χ0n) is 12.5. The van der Waals surface area contributed by atoms with Gasteiger partial charge in [-0.3, -0.25) is 4.79 Å². The lowest BCUT2D eigenvalue weighted by atomic mass is 9.87. The topological polar surface area (TPSA) is 43.4 Å². The number of fused-ring (bicyclic) bond motifs is 1. The molecule has 2 aromatic rings. The van der Waals surface area contributed by atoms with Crippen molar-refractivity contribution in [3.63, 3.8) is 0 Å². The first-order valence-corrected chi connectivity index (χ1v) is 7.24. The number of hydrogen-bond acceptors (Lipinski definition) is 3. The van der Waals surface area contributed by atoms with E-state index in [-0.39, 0.29) is 24.1 Å². The molecular weight excluding hydrogens is 264 g/mol. The highest BCUT2D eigenvalue weighted by molar-refractivity contribution is 5.88. The summed E-state index contributed by atoms with van der Waals surface area (Å²) < 4.78 is 5.04. The van der Waals surface area contributed by atoms with E-state index in [1.54, 1.807) is 13.8 Å². The quantitative estimate of drug-likeness (QED) is 0.757. The van der Waals surface area contributed by atoms with Crippen LogP contribution in [0.5, 0.6) is 0 Å². The molecule has 110 valence electrons. The Kier molecular flexibility index (Phi) is 5.09. The Morgan fingerprint density at radius 3 is 2.48 bits per heavy atom. The molecule has 0 bridgehead atoms. The summed E-state index contributed by atoms with van der Waals surface area (Å²) in [5.41, 5.74) is 1.04. The molecule has 0 spiro atoms. The smallest absolute Gasteiger partial charge is 0.306 e. The van der Waals surface area contributed by atoms with Crippen LogP contribution in [0, 0.1) is 0 Å². The summed E-state index contributed by atoms with van der Waals surface area (Å²) in [5.74, 6) is -0.304. The van der Waals surface area contributed by atoms with E-state index in [2.05, 4.69) is 0 Å². The summed E-state index contributed by atoms with van der Waals surface area (Å²) in [4.78, 5) is 23.4. The van der Waals surface area contributed by atoms with Crippen LogP contribution in [0.1, 0.15) is 38.2 Å². The van der Waals surface area contributed by atoms with Gasteiger partial charge in [0.25, 0.3) is 0 Å². The van der Waals surface area contributed by atoms with Crippen LogP contribution in [0.3, 0.4) is 0 Å². The maximum absolute atomic E-state index is 11.8. The van der Waals surface area contributed by atoms with Crippen LogP contribution in [0.25, 0.3) is 10.8 Å². The number of carbonyl (C=O) groups is 2. The van der Waals surface area contributed by atoms with Crippen LogP contribution in [-0.2, 0) is 14.3 Å². The van der Waals surface area contributed by atoms with E-state index in [0.717, 1.165) is 16.3 Å². The lowest BCUT2D eigenvalue weighted by Gasteiger charge is -2.17. The summed E-state index contributed by atoms with van der Waals surface area (Å²) >= 11 is 0. The molecule has 0 saturated heterocycles. The van der Waals surface area contributed by atoms with Crippen molar-refractivity contribution in [2.75, 3.05) is 6.61 Å². The van der Waals surface area contributed by atoms with Crippen LogP contribution >= 0.6 is 0 Å². The van der Waals surface area contributed by atoms with Crippen molar-refractivity contribution in [2.45, 2.75) is 32.6 Å². The van der Waals surface area contributed by atoms with E-state index in [0.29, 0.717) is 13.0 Å². The number of ketones is 1. The van der Waals surface area contributed by atoms with Gasteiger partial charge in [0.15, 0.2) is 0 Å². The third kappa shape index (κ3) is 3.91. The van der Waals surface area contributed by atoms with Gasteiger partial charge in [-0.1, -0.05) is 42.5 Å². The monoisotopic (exact) mass is 284 g/mol. The lowest BCUT2D eigenvalue weighted by molar-refractivity contribution is -0.143. The maximum atomic E-state index is 11.8. The zero-order chi connectivity index (χ0) is 15.2. The van der Waals surface area contributed by atoms with E-state index in [4.69, 9.17) is 4.74 Å². The van der Waals surface area contributed by atoms with Gasteiger partial charge in [-0.15, -0.1) is 0 Å². The average Bonchev–Trinajstić information content (AvgIpc) is 2.46. The number of Topliss-reactive ketones (excluding diaryl/α,β-unsaturated/α-hetero) is 1. The number of carbonyl (C=O) groups excluding carboxylic acids is 2. The minimum atomic E-state index is -0.253. The van der Waals surface area contributed by atoms with Crippen molar-refractivity contribution >= 4 is 22.5 Å². The van der Waals surface area contributed by atoms with Gasteiger partial charge in [-0.2, -0.15) is 0 Å². The van der Waals surface area contributed by atoms with E-state index in [1.807, 2.05) is 42.5 Å². The molecule has 0 saturated carbocycles. The molecule has 21 heavy (non-hydrogen) atoms. The van der Waals surface area contributed by atoms with Crippen molar-refractivity contribution in [1.29, 1.82) is 0 Å². The van der Waals surface area contributed by atoms with Crippen LogP contribution in [0.4, 0.5) is 0 Å². The number of esters is 1. The van der Waals surface area contributed by atoms with Crippen LogP contribution in [0.2, 0.25) is 0 Å². The summed E-state index contributed by atoms with van der Waals surface area (Å²) in [6, 6.07) is 14.0. The van der Waals surface area contributed by atoms with Gasteiger partial charge in [-0.25, -0.2) is 0 Å². The normalized spacial score (nSPS) is 12.1. The Morgan fingerprint density at radius 2 is 1.76 bits per heavy atom. The molecule has 0 aromatic heterocycles. The molecule has 1 atom stereocenters. The fraction of sp³-hybridized carbons (Fsp3) is 0.333. The third-order valence-electron chi connectivity index (χ3n) is 3.52. The molecule has 0 unspecified atom stereocenters. The summed E-state index contributed by atoms with van der Waals surface area (Å²) in [7, 11) is 0. The first kappa shape index (κ1) is 15.2.